The first-order valence-electron chi connectivity index (χ1n) is 6.92. The second-order valence-electron chi connectivity index (χ2n) is 4.83. The highest BCUT2D eigenvalue weighted by Gasteiger charge is 2.13. The van der Waals surface area contributed by atoms with Crippen molar-refractivity contribution in [2.24, 2.45) is 0 Å². The van der Waals surface area contributed by atoms with Crippen molar-refractivity contribution in [2.45, 2.75) is 10.7 Å². The smallest absolute Gasteiger partial charge is 0.291 e. The molecule has 0 aliphatic heterocycles. The Morgan fingerprint density at radius 2 is 1.79 bits per heavy atom. The Balaban J connectivity index is 1.81. The minimum Gasteiger partial charge on any atom is -0.451 e. The summed E-state index contributed by atoms with van der Waals surface area (Å²) in [5, 5.41) is 2.95. The number of thioether (sulfide) groups is 1. The third-order valence-corrected chi connectivity index (χ3v) is 3.92. The molecule has 0 saturated heterocycles. The van der Waals surface area contributed by atoms with Crippen LogP contribution in [-0.4, -0.2) is 11.7 Å². The van der Waals surface area contributed by atoms with Crippen LogP contribution in [0.3, 0.4) is 0 Å². The van der Waals surface area contributed by atoms with E-state index in [0.29, 0.717) is 33.3 Å². The monoisotopic (exact) mass is 347 g/mol. The summed E-state index contributed by atoms with van der Waals surface area (Å²) < 4.78 is 30.0. The van der Waals surface area contributed by atoms with Gasteiger partial charge in [-0.15, -0.1) is 0 Å². The quantitative estimate of drug-likeness (QED) is 0.713. The Bertz CT molecular complexity index is 938. The molecule has 0 spiro atoms. The molecule has 1 amide bonds. The minimum absolute atomic E-state index is 0.121. The number of para-hydroxylation sites is 1. The molecule has 3 aromatic rings. The molecule has 0 radical (unpaired) electrons. The number of rotatable bonds is 4. The van der Waals surface area contributed by atoms with Crippen molar-refractivity contribution in [3.8, 4) is 0 Å². The summed E-state index contributed by atoms with van der Waals surface area (Å²) in [5.41, 5.74) is 0.416. The molecule has 0 bridgehead atoms. The standard InChI is InChI=1S/C17H11F2NO3S/c18-17(19)24-11-7-5-10(6-8-11)20-16(22)15-9-13(21)12-3-1-2-4-14(12)23-15/h1-9,17H,(H,20,22). The van der Waals surface area contributed by atoms with Gasteiger partial charge >= 0.3 is 0 Å². The summed E-state index contributed by atoms with van der Waals surface area (Å²) in [6, 6.07) is 13.7. The van der Waals surface area contributed by atoms with E-state index in [9.17, 15) is 18.4 Å². The number of fused-ring (bicyclic) bond motifs is 1. The largest absolute Gasteiger partial charge is 0.451 e. The lowest BCUT2D eigenvalue weighted by Gasteiger charge is -2.06. The maximum atomic E-state index is 12.3. The SMILES string of the molecule is O=C(Nc1ccc(SC(F)F)cc1)c1cc(=O)c2ccccc2o1. The maximum Gasteiger partial charge on any atom is 0.291 e. The van der Waals surface area contributed by atoms with Gasteiger partial charge in [0.15, 0.2) is 11.2 Å². The van der Waals surface area contributed by atoms with Crippen LogP contribution < -0.4 is 10.7 Å². The first-order valence-corrected chi connectivity index (χ1v) is 7.80. The van der Waals surface area contributed by atoms with Gasteiger partial charge in [0, 0.05) is 16.6 Å². The molecule has 0 saturated carbocycles. The predicted molar refractivity (Wildman–Crippen MR) is 88.7 cm³/mol. The van der Waals surface area contributed by atoms with Crippen molar-refractivity contribution in [3.63, 3.8) is 0 Å². The molecule has 0 unspecified atom stereocenters. The zero-order valence-corrected chi connectivity index (χ0v) is 13.0. The molecule has 2 aromatic carbocycles. The van der Waals surface area contributed by atoms with Gasteiger partial charge in [-0.2, -0.15) is 8.78 Å². The van der Waals surface area contributed by atoms with Crippen LogP contribution in [0.25, 0.3) is 11.0 Å². The number of hydrogen-bond acceptors (Lipinski definition) is 4. The Labute approximate surface area is 139 Å². The average molecular weight is 347 g/mol. The molecule has 3 rings (SSSR count). The first-order chi connectivity index (χ1) is 11.5. The number of nitrogens with one attached hydrogen (secondary N) is 1. The zero-order chi connectivity index (χ0) is 17.1. The Kier molecular flexibility index (Phi) is 4.61. The van der Waals surface area contributed by atoms with E-state index in [-0.39, 0.29) is 11.2 Å². The second kappa shape index (κ2) is 6.84. The molecule has 1 N–H and O–H groups in total. The molecule has 0 aliphatic carbocycles. The van der Waals surface area contributed by atoms with Crippen LogP contribution >= 0.6 is 11.8 Å². The summed E-state index contributed by atoms with van der Waals surface area (Å²) in [6.07, 6.45) is 0. The van der Waals surface area contributed by atoms with Gasteiger partial charge in [0.05, 0.1) is 5.39 Å². The van der Waals surface area contributed by atoms with E-state index < -0.39 is 11.7 Å². The van der Waals surface area contributed by atoms with E-state index >= 15 is 0 Å². The van der Waals surface area contributed by atoms with Gasteiger partial charge in [-0.1, -0.05) is 23.9 Å². The van der Waals surface area contributed by atoms with Gasteiger partial charge in [0.1, 0.15) is 5.58 Å². The van der Waals surface area contributed by atoms with Crippen molar-refractivity contribution >= 4 is 34.3 Å². The van der Waals surface area contributed by atoms with Gasteiger partial charge in [-0.3, -0.25) is 9.59 Å². The molecule has 1 aromatic heterocycles. The molecule has 122 valence electrons. The van der Waals surface area contributed by atoms with Gasteiger partial charge in [0.25, 0.3) is 11.7 Å². The summed E-state index contributed by atoms with van der Waals surface area (Å²) >= 11 is 0.420. The number of carbonyl (C=O) groups is 1. The van der Waals surface area contributed by atoms with Gasteiger partial charge in [-0.25, -0.2) is 0 Å². The molecule has 0 fully saturated rings. The summed E-state index contributed by atoms with van der Waals surface area (Å²) in [5.74, 6) is -3.21. The predicted octanol–water partition coefficient (Wildman–Crippen LogP) is 4.36. The summed E-state index contributed by atoms with van der Waals surface area (Å²) in [7, 11) is 0. The molecule has 4 nitrogen and oxygen atoms in total. The van der Waals surface area contributed by atoms with E-state index in [4.69, 9.17) is 4.42 Å². The third-order valence-electron chi connectivity index (χ3n) is 3.20. The topological polar surface area (TPSA) is 59.3 Å². The van der Waals surface area contributed by atoms with Crippen LogP contribution in [-0.2, 0) is 0 Å². The number of hydrogen-bond donors (Lipinski definition) is 1. The van der Waals surface area contributed by atoms with Crippen LogP contribution in [0, 0.1) is 0 Å². The second-order valence-corrected chi connectivity index (χ2v) is 5.89. The Morgan fingerprint density at radius 1 is 1.08 bits per heavy atom. The highest BCUT2D eigenvalue weighted by Crippen LogP contribution is 2.26. The number of alkyl halides is 2. The molecule has 0 aliphatic rings. The zero-order valence-electron chi connectivity index (χ0n) is 12.2. The molecule has 7 heteroatoms. The normalized spacial score (nSPS) is 11.0. The summed E-state index contributed by atoms with van der Waals surface area (Å²) in [6.45, 7) is 0. The minimum atomic E-state index is -2.50. The lowest BCUT2D eigenvalue weighted by Crippen LogP contribution is -2.14. The highest BCUT2D eigenvalue weighted by atomic mass is 32.2. The molecular formula is C17H11F2NO3S. The fourth-order valence-electron chi connectivity index (χ4n) is 2.13. The van der Waals surface area contributed by atoms with E-state index in [0.717, 1.165) is 6.07 Å². The average Bonchev–Trinajstić information content (AvgIpc) is 2.56. The van der Waals surface area contributed by atoms with Crippen molar-refractivity contribution < 1.29 is 18.0 Å². The maximum absolute atomic E-state index is 12.3. The molecular weight excluding hydrogens is 336 g/mol. The fraction of sp³-hybridized carbons (Fsp3) is 0.0588. The Hall–Kier alpha value is -2.67. The van der Waals surface area contributed by atoms with Gasteiger partial charge in [-0.05, 0) is 36.4 Å². The fourth-order valence-corrected chi connectivity index (χ4v) is 2.63. The highest BCUT2D eigenvalue weighted by molar-refractivity contribution is 7.99. The number of amides is 1. The van der Waals surface area contributed by atoms with Crippen LogP contribution in [0.1, 0.15) is 10.6 Å². The van der Waals surface area contributed by atoms with E-state index in [1.165, 1.54) is 24.3 Å². The van der Waals surface area contributed by atoms with Gasteiger partial charge < -0.3 is 9.73 Å². The first kappa shape index (κ1) is 16.2. The summed E-state index contributed by atoms with van der Waals surface area (Å²) in [4.78, 5) is 24.6. The lowest BCUT2D eigenvalue weighted by molar-refractivity contribution is 0.0997. The molecule has 1 heterocycles. The van der Waals surface area contributed by atoms with Crippen molar-refractivity contribution in [3.05, 3.63) is 70.6 Å². The van der Waals surface area contributed by atoms with Gasteiger partial charge in [0.2, 0.25) is 0 Å². The van der Waals surface area contributed by atoms with Crippen LogP contribution in [0.5, 0.6) is 0 Å². The van der Waals surface area contributed by atoms with E-state index in [1.54, 1.807) is 24.3 Å². The van der Waals surface area contributed by atoms with Crippen molar-refractivity contribution in [2.75, 3.05) is 5.32 Å². The lowest BCUT2D eigenvalue weighted by atomic mass is 10.2. The molecule has 0 atom stereocenters. The molecule has 24 heavy (non-hydrogen) atoms. The van der Waals surface area contributed by atoms with Crippen molar-refractivity contribution in [1.82, 2.24) is 0 Å². The van der Waals surface area contributed by atoms with Crippen LogP contribution in [0.4, 0.5) is 14.5 Å². The van der Waals surface area contributed by atoms with E-state index in [1.807, 2.05) is 0 Å². The number of halogens is 2. The number of benzene rings is 2. The van der Waals surface area contributed by atoms with E-state index in [2.05, 4.69) is 5.32 Å². The number of carbonyl (C=O) groups excluding carboxylic acids is 1. The van der Waals surface area contributed by atoms with Crippen molar-refractivity contribution in [1.29, 1.82) is 0 Å². The number of anilines is 1. The Morgan fingerprint density at radius 3 is 2.50 bits per heavy atom. The van der Waals surface area contributed by atoms with Crippen LogP contribution in [0.2, 0.25) is 0 Å². The third kappa shape index (κ3) is 3.62. The van der Waals surface area contributed by atoms with Crippen LogP contribution in [0.15, 0.2) is 68.7 Å².